The summed E-state index contributed by atoms with van der Waals surface area (Å²) in [4.78, 5) is 7.37. The molecular formula is C20H31N3. The predicted octanol–water partition coefficient (Wildman–Crippen LogP) is 4.77. The van der Waals surface area contributed by atoms with Gasteiger partial charge in [-0.15, -0.1) is 0 Å². The molecule has 0 saturated heterocycles. The number of aliphatic imine (C=N–C) groups is 1. The highest BCUT2D eigenvalue weighted by Gasteiger charge is 2.29. The van der Waals surface area contributed by atoms with Gasteiger partial charge in [-0.25, -0.2) is 0 Å². The minimum Gasteiger partial charge on any atom is -0.338 e. The first-order valence-electron chi connectivity index (χ1n) is 9.35. The fourth-order valence-electron chi connectivity index (χ4n) is 3.97. The summed E-state index contributed by atoms with van der Waals surface area (Å²) in [5.74, 6) is 2.74. The van der Waals surface area contributed by atoms with Gasteiger partial charge in [0.2, 0.25) is 0 Å². The van der Waals surface area contributed by atoms with E-state index in [0.29, 0.717) is 6.04 Å². The third-order valence-electron chi connectivity index (χ3n) is 5.19. The second-order valence-corrected chi connectivity index (χ2v) is 7.57. The van der Waals surface area contributed by atoms with Gasteiger partial charge in [0.15, 0.2) is 5.96 Å². The molecule has 23 heavy (non-hydrogen) atoms. The van der Waals surface area contributed by atoms with Crippen LogP contribution in [0.5, 0.6) is 0 Å². The van der Waals surface area contributed by atoms with Crippen molar-refractivity contribution in [1.29, 1.82) is 0 Å². The molecule has 1 saturated carbocycles. The van der Waals surface area contributed by atoms with Crippen molar-refractivity contribution in [1.82, 2.24) is 4.90 Å². The molecule has 3 rings (SSSR count). The number of para-hydroxylation sites is 1. The summed E-state index contributed by atoms with van der Waals surface area (Å²) in [6.07, 6.45) is 8.29. The second-order valence-electron chi connectivity index (χ2n) is 7.57. The van der Waals surface area contributed by atoms with Crippen LogP contribution in [0.25, 0.3) is 0 Å². The molecule has 1 N–H and O–H groups in total. The van der Waals surface area contributed by atoms with Crippen molar-refractivity contribution in [3.8, 4) is 0 Å². The topological polar surface area (TPSA) is 27.6 Å². The van der Waals surface area contributed by atoms with Crippen LogP contribution in [0.2, 0.25) is 0 Å². The quantitative estimate of drug-likeness (QED) is 0.819. The van der Waals surface area contributed by atoms with Crippen LogP contribution >= 0.6 is 0 Å². The molecule has 1 heterocycles. The van der Waals surface area contributed by atoms with Crippen molar-refractivity contribution in [3.63, 3.8) is 0 Å². The van der Waals surface area contributed by atoms with Gasteiger partial charge in [-0.1, -0.05) is 57.7 Å². The highest BCUT2D eigenvalue weighted by atomic mass is 15.4. The molecule has 126 valence electrons. The van der Waals surface area contributed by atoms with Crippen LogP contribution in [0.3, 0.4) is 0 Å². The van der Waals surface area contributed by atoms with Gasteiger partial charge in [0.05, 0.1) is 12.6 Å². The molecular weight excluding hydrogens is 282 g/mol. The summed E-state index contributed by atoms with van der Waals surface area (Å²) in [6, 6.07) is 11.0. The molecule has 1 aliphatic heterocycles. The maximum Gasteiger partial charge on any atom is 0.198 e. The number of anilines is 1. The van der Waals surface area contributed by atoms with Crippen molar-refractivity contribution in [2.75, 3.05) is 18.4 Å². The van der Waals surface area contributed by atoms with Crippen LogP contribution < -0.4 is 5.32 Å². The molecule has 1 aromatic carbocycles. The molecule has 0 radical (unpaired) electrons. The average molecular weight is 313 g/mol. The number of nitrogens with one attached hydrogen (secondary N) is 1. The van der Waals surface area contributed by atoms with Crippen LogP contribution in [0.4, 0.5) is 5.69 Å². The Morgan fingerprint density at radius 1 is 1.17 bits per heavy atom. The van der Waals surface area contributed by atoms with E-state index in [2.05, 4.69) is 54.4 Å². The smallest absolute Gasteiger partial charge is 0.198 e. The van der Waals surface area contributed by atoms with E-state index in [-0.39, 0.29) is 0 Å². The molecule has 0 bridgehead atoms. The SMILES string of the molecule is CC(C)CC1CN=C(Nc2ccccc2)N1CCC1CCCC1. The van der Waals surface area contributed by atoms with Gasteiger partial charge < -0.3 is 10.2 Å². The highest BCUT2D eigenvalue weighted by molar-refractivity contribution is 5.95. The Labute approximate surface area is 141 Å². The number of benzene rings is 1. The minimum absolute atomic E-state index is 0.572. The summed E-state index contributed by atoms with van der Waals surface area (Å²) >= 11 is 0. The number of hydrogen-bond donors (Lipinski definition) is 1. The Kier molecular flexibility index (Phi) is 5.58. The molecule has 0 amide bonds. The molecule has 2 aliphatic rings. The minimum atomic E-state index is 0.572. The zero-order chi connectivity index (χ0) is 16.1. The van der Waals surface area contributed by atoms with E-state index in [0.717, 1.165) is 36.6 Å². The van der Waals surface area contributed by atoms with Crippen LogP contribution in [0, 0.1) is 11.8 Å². The normalized spacial score (nSPS) is 22.0. The van der Waals surface area contributed by atoms with E-state index in [4.69, 9.17) is 4.99 Å². The monoisotopic (exact) mass is 313 g/mol. The lowest BCUT2D eigenvalue weighted by Gasteiger charge is -2.30. The summed E-state index contributed by atoms with van der Waals surface area (Å²) in [6.45, 7) is 6.73. The number of nitrogens with zero attached hydrogens (tertiary/aromatic N) is 2. The Balaban J connectivity index is 1.63. The van der Waals surface area contributed by atoms with E-state index >= 15 is 0 Å². The van der Waals surface area contributed by atoms with Crippen LogP contribution in [-0.4, -0.2) is 30.0 Å². The molecule has 1 atom stereocenters. The first-order chi connectivity index (χ1) is 11.2. The van der Waals surface area contributed by atoms with Gasteiger partial charge in [-0.05, 0) is 36.8 Å². The van der Waals surface area contributed by atoms with Crippen molar-refractivity contribution in [3.05, 3.63) is 30.3 Å². The molecule has 1 unspecified atom stereocenters. The lowest BCUT2D eigenvalue weighted by atomic mass is 10.0. The van der Waals surface area contributed by atoms with Gasteiger partial charge in [-0.2, -0.15) is 0 Å². The number of hydrogen-bond acceptors (Lipinski definition) is 3. The van der Waals surface area contributed by atoms with Gasteiger partial charge in [0.1, 0.15) is 0 Å². The van der Waals surface area contributed by atoms with E-state index in [1.165, 1.54) is 38.5 Å². The first-order valence-corrected chi connectivity index (χ1v) is 9.35. The highest BCUT2D eigenvalue weighted by Crippen LogP contribution is 2.29. The van der Waals surface area contributed by atoms with E-state index in [1.807, 2.05) is 0 Å². The summed E-state index contributed by atoms with van der Waals surface area (Å²) < 4.78 is 0. The maximum atomic E-state index is 4.82. The number of rotatable bonds is 6. The van der Waals surface area contributed by atoms with Crippen molar-refractivity contribution < 1.29 is 0 Å². The Bertz CT molecular complexity index is 503. The van der Waals surface area contributed by atoms with E-state index < -0.39 is 0 Å². The third-order valence-corrected chi connectivity index (χ3v) is 5.19. The third kappa shape index (κ3) is 4.49. The largest absolute Gasteiger partial charge is 0.338 e. The molecule has 3 heteroatoms. The fraction of sp³-hybridized carbons (Fsp3) is 0.650. The molecule has 3 nitrogen and oxygen atoms in total. The fourth-order valence-corrected chi connectivity index (χ4v) is 3.97. The van der Waals surface area contributed by atoms with E-state index in [1.54, 1.807) is 0 Å². The molecule has 1 fully saturated rings. The molecule has 0 spiro atoms. The van der Waals surface area contributed by atoms with E-state index in [9.17, 15) is 0 Å². The lowest BCUT2D eigenvalue weighted by Crippen LogP contribution is -2.41. The van der Waals surface area contributed by atoms with Gasteiger partial charge in [0.25, 0.3) is 0 Å². The Morgan fingerprint density at radius 2 is 1.91 bits per heavy atom. The standard InChI is InChI=1S/C20H31N3/c1-16(2)14-19-15-21-20(22-18-10-4-3-5-11-18)23(19)13-12-17-8-6-7-9-17/h3-5,10-11,16-17,19H,6-9,12-15H2,1-2H3,(H,21,22). The summed E-state index contributed by atoms with van der Waals surface area (Å²) in [7, 11) is 0. The molecule has 0 aromatic heterocycles. The predicted molar refractivity (Wildman–Crippen MR) is 98.9 cm³/mol. The maximum absolute atomic E-state index is 4.82. The Morgan fingerprint density at radius 3 is 2.61 bits per heavy atom. The summed E-state index contributed by atoms with van der Waals surface area (Å²) in [5.41, 5.74) is 1.14. The van der Waals surface area contributed by atoms with Crippen LogP contribution in [-0.2, 0) is 0 Å². The number of guanidine groups is 1. The van der Waals surface area contributed by atoms with Crippen LogP contribution in [0.1, 0.15) is 52.4 Å². The first kappa shape index (κ1) is 16.4. The average Bonchev–Trinajstić information content (AvgIpc) is 3.17. The lowest BCUT2D eigenvalue weighted by molar-refractivity contribution is 0.277. The van der Waals surface area contributed by atoms with Crippen molar-refractivity contribution in [2.24, 2.45) is 16.8 Å². The van der Waals surface area contributed by atoms with Crippen LogP contribution in [0.15, 0.2) is 35.3 Å². The molecule has 1 aliphatic carbocycles. The Hall–Kier alpha value is -1.51. The van der Waals surface area contributed by atoms with Gasteiger partial charge in [-0.3, -0.25) is 4.99 Å². The zero-order valence-electron chi connectivity index (χ0n) is 14.7. The van der Waals surface area contributed by atoms with Gasteiger partial charge >= 0.3 is 0 Å². The molecule has 1 aromatic rings. The van der Waals surface area contributed by atoms with Crippen molar-refractivity contribution in [2.45, 2.75) is 58.4 Å². The van der Waals surface area contributed by atoms with Crippen molar-refractivity contribution >= 4 is 11.6 Å². The second kappa shape index (κ2) is 7.85. The van der Waals surface area contributed by atoms with Gasteiger partial charge in [0, 0.05) is 12.2 Å². The zero-order valence-corrected chi connectivity index (χ0v) is 14.7. The summed E-state index contributed by atoms with van der Waals surface area (Å²) in [5, 5.41) is 3.55.